The zero-order valence-electron chi connectivity index (χ0n) is 15.7. The summed E-state index contributed by atoms with van der Waals surface area (Å²) in [4.78, 5) is 0. The third-order valence-corrected chi connectivity index (χ3v) is 9.79. The average Bonchev–Trinajstić information content (AvgIpc) is 3.01. The SMILES string of the molecule is C[C@]12CC[C@H](O)C[C@@H]1CC[C@@H]1[C@H]2CC[C@@]23CO[C@@](C)(O)[C@H]2CC[C@]13O. The maximum absolute atomic E-state index is 12.0. The van der Waals surface area contributed by atoms with Gasteiger partial charge in [0.1, 0.15) is 0 Å². The van der Waals surface area contributed by atoms with Crippen LogP contribution in [-0.4, -0.2) is 39.4 Å². The first-order chi connectivity index (χ1) is 11.7. The number of ether oxygens (including phenoxy) is 1. The average molecular weight is 350 g/mol. The molecule has 142 valence electrons. The van der Waals surface area contributed by atoms with E-state index in [9.17, 15) is 15.3 Å². The largest absolute Gasteiger partial charge is 0.393 e. The molecule has 4 aliphatic carbocycles. The Morgan fingerprint density at radius 2 is 1.68 bits per heavy atom. The molecule has 3 N–H and O–H groups in total. The van der Waals surface area contributed by atoms with Crippen LogP contribution in [-0.2, 0) is 4.74 Å². The van der Waals surface area contributed by atoms with Crippen molar-refractivity contribution in [3.8, 4) is 0 Å². The normalized spacial score (nSPS) is 63.5. The molecule has 0 bridgehead atoms. The summed E-state index contributed by atoms with van der Waals surface area (Å²) < 4.78 is 5.82. The number of aliphatic hydroxyl groups is 3. The summed E-state index contributed by atoms with van der Waals surface area (Å²) in [6, 6.07) is 0. The van der Waals surface area contributed by atoms with Gasteiger partial charge in [0, 0.05) is 11.3 Å². The van der Waals surface area contributed by atoms with Gasteiger partial charge in [0.25, 0.3) is 0 Å². The second kappa shape index (κ2) is 5.01. The number of rotatable bonds is 0. The molecule has 0 amide bonds. The van der Waals surface area contributed by atoms with Crippen LogP contribution in [0, 0.1) is 34.5 Å². The van der Waals surface area contributed by atoms with Gasteiger partial charge in [-0.25, -0.2) is 0 Å². The van der Waals surface area contributed by atoms with Crippen molar-refractivity contribution in [1.82, 2.24) is 0 Å². The van der Waals surface area contributed by atoms with Crippen LogP contribution < -0.4 is 0 Å². The Labute approximate surface area is 151 Å². The number of hydrogen-bond acceptors (Lipinski definition) is 4. The van der Waals surface area contributed by atoms with Gasteiger partial charge < -0.3 is 20.1 Å². The number of hydrogen-bond donors (Lipinski definition) is 3. The molecular formula is C21H34O4. The monoisotopic (exact) mass is 350 g/mol. The molecule has 1 aliphatic heterocycles. The van der Waals surface area contributed by atoms with E-state index in [-0.39, 0.29) is 22.9 Å². The summed E-state index contributed by atoms with van der Waals surface area (Å²) in [6.07, 6.45) is 8.88. The van der Waals surface area contributed by atoms with Gasteiger partial charge in [0.2, 0.25) is 0 Å². The molecule has 4 heteroatoms. The zero-order valence-corrected chi connectivity index (χ0v) is 15.7. The first-order valence-corrected chi connectivity index (χ1v) is 10.5. The van der Waals surface area contributed by atoms with Crippen LogP contribution in [0.4, 0.5) is 0 Å². The standard InChI is InChI=1S/C21H34O4/c1-18-8-5-14(22)11-13(18)3-4-16-15(18)6-9-20-12-25-19(2,23)17(20)7-10-21(16,20)24/h13-17,22-24H,3-12H2,1-2H3/t13-,14-,15+,16+,17+,18-,19+,20+,21-/m0/s1. The van der Waals surface area contributed by atoms with E-state index in [2.05, 4.69) is 6.92 Å². The molecule has 0 radical (unpaired) electrons. The Kier molecular flexibility index (Phi) is 3.40. The highest BCUT2D eigenvalue weighted by Gasteiger charge is 2.74. The van der Waals surface area contributed by atoms with E-state index in [0.717, 1.165) is 57.8 Å². The van der Waals surface area contributed by atoms with Crippen molar-refractivity contribution in [2.75, 3.05) is 6.61 Å². The van der Waals surface area contributed by atoms with Crippen LogP contribution in [0.2, 0.25) is 0 Å². The first kappa shape index (κ1) is 17.0. The van der Waals surface area contributed by atoms with Gasteiger partial charge in [0.15, 0.2) is 5.79 Å². The van der Waals surface area contributed by atoms with Crippen LogP contribution in [0.25, 0.3) is 0 Å². The number of aliphatic hydroxyl groups excluding tert-OH is 1. The molecule has 9 atom stereocenters. The Bertz CT molecular complexity index is 576. The minimum Gasteiger partial charge on any atom is -0.393 e. The van der Waals surface area contributed by atoms with Crippen LogP contribution in [0.1, 0.15) is 71.6 Å². The fourth-order valence-corrected chi connectivity index (χ4v) is 8.48. The summed E-state index contributed by atoms with van der Waals surface area (Å²) in [6.45, 7) is 4.75. The zero-order chi connectivity index (χ0) is 17.7. The molecule has 1 spiro atoms. The molecule has 4 nitrogen and oxygen atoms in total. The van der Waals surface area contributed by atoms with Gasteiger partial charge in [-0.3, -0.25) is 0 Å². The Morgan fingerprint density at radius 3 is 2.48 bits per heavy atom. The predicted molar refractivity (Wildman–Crippen MR) is 93.6 cm³/mol. The van der Waals surface area contributed by atoms with Gasteiger partial charge >= 0.3 is 0 Å². The Morgan fingerprint density at radius 1 is 0.880 bits per heavy atom. The quantitative estimate of drug-likeness (QED) is 0.628. The minimum atomic E-state index is -1.08. The lowest BCUT2D eigenvalue weighted by Gasteiger charge is -2.63. The van der Waals surface area contributed by atoms with Gasteiger partial charge in [-0.15, -0.1) is 0 Å². The summed E-state index contributed by atoms with van der Waals surface area (Å²) in [5.74, 6) is 0.492. The second-order valence-corrected chi connectivity index (χ2v) is 10.5. The van der Waals surface area contributed by atoms with Crippen molar-refractivity contribution in [3.05, 3.63) is 0 Å². The van der Waals surface area contributed by atoms with Crippen molar-refractivity contribution in [2.24, 2.45) is 34.5 Å². The van der Waals surface area contributed by atoms with Crippen LogP contribution >= 0.6 is 0 Å². The third-order valence-electron chi connectivity index (χ3n) is 9.79. The van der Waals surface area contributed by atoms with Crippen molar-refractivity contribution in [3.63, 3.8) is 0 Å². The van der Waals surface area contributed by atoms with E-state index in [0.29, 0.717) is 24.4 Å². The highest BCUT2D eigenvalue weighted by Crippen LogP contribution is 2.72. The summed E-state index contributed by atoms with van der Waals surface area (Å²) >= 11 is 0. The van der Waals surface area contributed by atoms with Crippen molar-refractivity contribution in [1.29, 1.82) is 0 Å². The Balaban J connectivity index is 1.51. The van der Waals surface area contributed by atoms with Crippen LogP contribution in [0.3, 0.4) is 0 Å². The molecule has 4 saturated carbocycles. The van der Waals surface area contributed by atoms with Crippen molar-refractivity contribution < 1.29 is 20.1 Å². The topological polar surface area (TPSA) is 69.9 Å². The van der Waals surface area contributed by atoms with E-state index >= 15 is 0 Å². The lowest BCUT2D eigenvalue weighted by molar-refractivity contribution is -0.212. The minimum absolute atomic E-state index is 0.0738. The molecule has 1 saturated heterocycles. The molecule has 0 aromatic rings. The summed E-state index contributed by atoms with van der Waals surface area (Å²) in [5.41, 5.74) is -0.653. The number of fused-ring (bicyclic) bond motifs is 4. The highest BCUT2D eigenvalue weighted by molar-refractivity contribution is 5.21. The molecular weight excluding hydrogens is 316 g/mol. The van der Waals surface area contributed by atoms with E-state index in [1.165, 1.54) is 0 Å². The summed E-state index contributed by atoms with van der Waals surface area (Å²) in [5, 5.41) is 32.9. The van der Waals surface area contributed by atoms with Crippen molar-refractivity contribution >= 4 is 0 Å². The maximum atomic E-state index is 12.0. The van der Waals surface area contributed by atoms with E-state index in [1.54, 1.807) is 6.92 Å². The Hall–Kier alpha value is -0.160. The maximum Gasteiger partial charge on any atom is 0.166 e. The van der Waals surface area contributed by atoms with Crippen LogP contribution in [0.15, 0.2) is 0 Å². The van der Waals surface area contributed by atoms with Gasteiger partial charge in [0.05, 0.1) is 18.3 Å². The van der Waals surface area contributed by atoms with E-state index < -0.39 is 11.4 Å². The van der Waals surface area contributed by atoms with Gasteiger partial charge in [-0.05, 0) is 87.9 Å². The second-order valence-electron chi connectivity index (χ2n) is 10.5. The fraction of sp³-hybridized carbons (Fsp3) is 1.00. The molecule has 25 heavy (non-hydrogen) atoms. The van der Waals surface area contributed by atoms with Gasteiger partial charge in [-0.1, -0.05) is 6.92 Å². The molecule has 5 aliphatic rings. The van der Waals surface area contributed by atoms with Crippen LogP contribution in [0.5, 0.6) is 0 Å². The lowest BCUT2D eigenvalue weighted by Crippen LogP contribution is -2.63. The third kappa shape index (κ3) is 1.93. The lowest BCUT2D eigenvalue weighted by atomic mass is 9.43. The van der Waals surface area contributed by atoms with E-state index in [1.807, 2.05) is 0 Å². The van der Waals surface area contributed by atoms with E-state index in [4.69, 9.17) is 4.74 Å². The highest BCUT2D eigenvalue weighted by atomic mass is 16.6. The predicted octanol–water partition coefficient (Wildman–Crippen LogP) is 2.84. The van der Waals surface area contributed by atoms with Crippen molar-refractivity contribution in [2.45, 2.75) is 89.1 Å². The smallest absolute Gasteiger partial charge is 0.166 e. The molecule has 5 rings (SSSR count). The molecule has 0 aromatic carbocycles. The molecule has 1 heterocycles. The molecule has 0 aromatic heterocycles. The fourth-order valence-electron chi connectivity index (χ4n) is 8.48. The first-order valence-electron chi connectivity index (χ1n) is 10.5. The summed E-state index contributed by atoms with van der Waals surface area (Å²) in [7, 11) is 0. The molecule has 0 unspecified atom stereocenters. The molecule has 5 fully saturated rings. The van der Waals surface area contributed by atoms with Gasteiger partial charge in [-0.2, -0.15) is 0 Å².